The Morgan fingerprint density at radius 2 is 1.14 bits per heavy atom. The summed E-state index contributed by atoms with van der Waals surface area (Å²) in [6.45, 7) is 6.92. The van der Waals surface area contributed by atoms with E-state index in [0.717, 1.165) is 0 Å². The highest BCUT2D eigenvalue weighted by molar-refractivity contribution is 6.00. The minimum Gasteiger partial charge on any atom is -0.310 e. The van der Waals surface area contributed by atoms with Gasteiger partial charge in [-0.05, 0) is 128 Å². The van der Waals surface area contributed by atoms with Crippen LogP contribution < -0.4 is 4.90 Å². The van der Waals surface area contributed by atoms with Crippen molar-refractivity contribution in [3.05, 3.63) is 221 Å². The van der Waals surface area contributed by atoms with Crippen molar-refractivity contribution in [3.63, 3.8) is 0 Å². The molecule has 2 aliphatic rings. The molecule has 1 nitrogen and oxygen atoms in total. The fourth-order valence-corrected chi connectivity index (χ4v) is 10.6. The molecule has 8 aromatic carbocycles. The van der Waals surface area contributed by atoms with E-state index in [-0.39, 0.29) is 0 Å². The van der Waals surface area contributed by atoms with Crippen LogP contribution in [0.4, 0.5) is 17.1 Å². The molecule has 0 heterocycles. The van der Waals surface area contributed by atoms with Gasteiger partial charge in [0, 0.05) is 16.9 Å². The monoisotopic (exact) mass is 749 g/mol. The van der Waals surface area contributed by atoms with Crippen LogP contribution in [0.25, 0.3) is 33.0 Å². The van der Waals surface area contributed by atoms with Crippen LogP contribution in [0.3, 0.4) is 0 Å². The van der Waals surface area contributed by atoms with Crippen LogP contribution in [-0.4, -0.2) is 0 Å². The number of fused-ring (bicyclic) bond motifs is 4. The largest absolute Gasteiger partial charge is 0.310 e. The lowest BCUT2D eigenvalue weighted by molar-refractivity contribution is 0.444. The SMILES string of the molecule is Cc1cccc2c1-c1ccc(N(c3cc4ccccc4cc3-c3ccccc3C(C)C)c3ccccc3C3CCCCC3)cc1C2(c1ccccc1)c1ccccc1. The summed E-state index contributed by atoms with van der Waals surface area (Å²) in [6.07, 6.45) is 6.37. The molecule has 58 heavy (non-hydrogen) atoms. The molecule has 8 aromatic rings. The average molecular weight is 750 g/mol. The van der Waals surface area contributed by atoms with Crippen LogP contribution in [0.5, 0.6) is 0 Å². The van der Waals surface area contributed by atoms with Gasteiger partial charge in [0.2, 0.25) is 0 Å². The van der Waals surface area contributed by atoms with Gasteiger partial charge in [-0.1, -0.05) is 185 Å². The van der Waals surface area contributed by atoms with Gasteiger partial charge in [-0.2, -0.15) is 0 Å². The molecule has 0 saturated heterocycles. The second-order valence-corrected chi connectivity index (χ2v) is 16.9. The van der Waals surface area contributed by atoms with Gasteiger partial charge < -0.3 is 4.90 Å². The number of anilines is 3. The Hall–Kier alpha value is -6.18. The molecule has 0 bridgehead atoms. The quantitative estimate of drug-likeness (QED) is 0.150. The van der Waals surface area contributed by atoms with E-state index in [2.05, 4.69) is 208 Å². The van der Waals surface area contributed by atoms with E-state index in [1.807, 2.05) is 0 Å². The Bertz CT molecular complexity index is 2710. The maximum atomic E-state index is 2.64. The molecule has 10 rings (SSSR count). The van der Waals surface area contributed by atoms with E-state index in [9.17, 15) is 0 Å². The van der Waals surface area contributed by atoms with Gasteiger partial charge >= 0.3 is 0 Å². The van der Waals surface area contributed by atoms with E-state index in [1.54, 1.807) is 0 Å². The zero-order chi connectivity index (χ0) is 39.2. The number of benzene rings is 8. The summed E-state index contributed by atoms with van der Waals surface area (Å²) in [7, 11) is 0. The Balaban J connectivity index is 1.32. The normalized spacial score (nSPS) is 14.7. The molecule has 1 saturated carbocycles. The number of hydrogen-bond acceptors (Lipinski definition) is 1. The first-order chi connectivity index (χ1) is 28.5. The highest BCUT2D eigenvalue weighted by Gasteiger charge is 2.47. The van der Waals surface area contributed by atoms with Crippen molar-refractivity contribution in [3.8, 4) is 22.3 Å². The van der Waals surface area contributed by atoms with Crippen molar-refractivity contribution >= 4 is 27.8 Å². The van der Waals surface area contributed by atoms with E-state index in [1.165, 1.54) is 121 Å². The number of para-hydroxylation sites is 1. The number of nitrogens with zero attached hydrogens (tertiary/aromatic N) is 1. The Labute approximate surface area is 344 Å². The van der Waals surface area contributed by atoms with Crippen LogP contribution >= 0.6 is 0 Å². The molecular formula is C57H51N. The van der Waals surface area contributed by atoms with Gasteiger partial charge in [0.1, 0.15) is 0 Å². The van der Waals surface area contributed by atoms with Gasteiger partial charge in [-0.3, -0.25) is 0 Å². The van der Waals surface area contributed by atoms with Gasteiger partial charge in [-0.25, -0.2) is 0 Å². The maximum absolute atomic E-state index is 2.64. The fraction of sp³-hybridized carbons (Fsp3) is 0.193. The molecular weight excluding hydrogens is 699 g/mol. The Kier molecular flexibility index (Phi) is 9.33. The minimum absolute atomic E-state index is 0.373. The molecule has 0 aromatic heterocycles. The van der Waals surface area contributed by atoms with Crippen molar-refractivity contribution < 1.29 is 0 Å². The second-order valence-electron chi connectivity index (χ2n) is 16.9. The van der Waals surface area contributed by atoms with Gasteiger partial charge in [0.25, 0.3) is 0 Å². The number of rotatable bonds is 8. The molecule has 0 amide bonds. The van der Waals surface area contributed by atoms with E-state index in [0.29, 0.717) is 11.8 Å². The van der Waals surface area contributed by atoms with Crippen LogP contribution in [0.15, 0.2) is 182 Å². The average Bonchev–Trinajstić information content (AvgIpc) is 3.58. The lowest BCUT2D eigenvalue weighted by Crippen LogP contribution is -2.28. The van der Waals surface area contributed by atoms with Crippen molar-refractivity contribution in [2.75, 3.05) is 4.90 Å². The zero-order valence-electron chi connectivity index (χ0n) is 34.0. The molecule has 0 atom stereocenters. The molecule has 2 aliphatic carbocycles. The molecule has 0 N–H and O–H groups in total. The van der Waals surface area contributed by atoms with Crippen molar-refractivity contribution in [1.29, 1.82) is 0 Å². The first-order valence-corrected chi connectivity index (χ1v) is 21.4. The summed E-state index contributed by atoms with van der Waals surface area (Å²) in [5.74, 6) is 0.894. The lowest BCUT2D eigenvalue weighted by Gasteiger charge is -2.36. The highest BCUT2D eigenvalue weighted by atomic mass is 15.1. The van der Waals surface area contributed by atoms with E-state index in [4.69, 9.17) is 0 Å². The molecule has 0 spiro atoms. The maximum Gasteiger partial charge on any atom is 0.0714 e. The van der Waals surface area contributed by atoms with Crippen LogP contribution in [-0.2, 0) is 5.41 Å². The van der Waals surface area contributed by atoms with Gasteiger partial charge in [0.05, 0.1) is 11.1 Å². The molecule has 284 valence electrons. The molecule has 0 aliphatic heterocycles. The Morgan fingerprint density at radius 3 is 1.86 bits per heavy atom. The predicted octanol–water partition coefficient (Wildman–Crippen LogP) is 15.8. The standard InChI is InChI=1S/C57H51N/c1-39(2)47-29-15-16-31-49(47)51-36-42-23-13-14-24-43(42)37-55(51)58(54-33-18-17-30-48(54)41-21-7-4-8-22-41)46-34-35-50-53(38-46)57(44-25-9-5-10-26-44,45-27-11-6-12-28-45)52-32-19-20-40(3)56(50)52/h5-6,9-20,23-39,41H,4,7-8,21-22H2,1-3H3. The topological polar surface area (TPSA) is 3.24 Å². The summed E-state index contributed by atoms with van der Waals surface area (Å²) in [5, 5.41) is 2.50. The summed E-state index contributed by atoms with van der Waals surface area (Å²) in [5.41, 5.74) is 17.8. The van der Waals surface area contributed by atoms with Gasteiger partial charge in [0.15, 0.2) is 0 Å². The highest BCUT2D eigenvalue weighted by Crippen LogP contribution is 2.58. The summed E-state index contributed by atoms with van der Waals surface area (Å²) < 4.78 is 0. The van der Waals surface area contributed by atoms with Crippen LogP contribution in [0, 0.1) is 6.92 Å². The second kappa shape index (κ2) is 15.0. The van der Waals surface area contributed by atoms with Crippen molar-refractivity contribution in [2.45, 2.75) is 70.1 Å². The fourth-order valence-electron chi connectivity index (χ4n) is 10.6. The first-order valence-electron chi connectivity index (χ1n) is 21.4. The molecule has 0 radical (unpaired) electrons. The van der Waals surface area contributed by atoms with E-state index >= 15 is 0 Å². The third-order valence-corrected chi connectivity index (χ3v) is 13.2. The third kappa shape index (κ3) is 5.90. The number of hydrogen-bond donors (Lipinski definition) is 0. The summed E-state index contributed by atoms with van der Waals surface area (Å²) in [4.78, 5) is 2.64. The van der Waals surface area contributed by atoms with E-state index < -0.39 is 5.41 Å². The minimum atomic E-state index is -0.500. The van der Waals surface area contributed by atoms with Gasteiger partial charge in [-0.15, -0.1) is 0 Å². The summed E-state index contributed by atoms with van der Waals surface area (Å²) in [6, 6.07) is 69.0. The number of aryl methyl sites for hydroxylation is 1. The van der Waals surface area contributed by atoms with Crippen molar-refractivity contribution in [2.24, 2.45) is 0 Å². The first kappa shape index (κ1) is 36.2. The third-order valence-electron chi connectivity index (χ3n) is 13.2. The predicted molar refractivity (Wildman–Crippen MR) is 246 cm³/mol. The lowest BCUT2D eigenvalue weighted by atomic mass is 9.67. The van der Waals surface area contributed by atoms with Crippen LogP contribution in [0.1, 0.15) is 96.7 Å². The molecule has 1 heteroatoms. The zero-order valence-corrected chi connectivity index (χ0v) is 34.0. The smallest absolute Gasteiger partial charge is 0.0714 e. The van der Waals surface area contributed by atoms with Crippen LogP contribution in [0.2, 0.25) is 0 Å². The molecule has 0 unspecified atom stereocenters. The molecule has 1 fully saturated rings. The summed E-state index contributed by atoms with van der Waals surface area (Å²) >= 11 is 0. The Morgan fingerprint density at radius 1 is 0.500 bits per heavy atom. The van der Waals surface area contributed by atoms with Crippen molar-refractivity contribution in [1.82, 2.24) is 0 Å².